The topological polar surface area (TPSA) is 32.5 Å². The molecule has 0 aromatic heterocycles. The van der Waals surface area contributed by atoms with Crippen molar-refractivity contribution in [3.8, 4) is 0 Å². The van der Waals surface area contributed by atoms with Gasteiger partial charge in [0, 0.05) is 12.6 Å². The highest BCUT2D eigenvalue weighted by molar-refractivity contribution is 4.76. The molecule has 0 rings (SSSR count). The minimum absolute atomic E-state index is 0.381. The molecule has 0 spiro atoms. The van der Waals surface area contributed by atoms with Gasteiger partial charge in [0.15, 0.2) is 0 Å². The molecule has 0 amide bonds. The zero-order chi connectivity index (χ0) is 15.8. The van der Waals surface area contributed by atoms with Crippen LogP contribution in [0.25, 0.3) is 0 Å². The smallest absolute Gasteiger partial charge is 0.0194 e. The molecule has 0 radical (unpaired) electrons. The number of hydrogen-bond donors (Lipinski definition) is 1. The van der Waals surface area contributed by atoms with Crippen molar-refractivity contribution in [2.45, 2.75) is 59.9 Å². The lowest BCUT2D eigenvalue weighted by atomic mass is 9.76. The highest BCUT2D eigenvalue weighted by atomic mass is 15.2. The van der Waals surface area contributed by atoms with Gasteiger partial charge in [-0.25, -0.2) is 0 Å². The number of rotatable bonds is 10. The summed E-state index contributed by atoms with van der Waals surface area (Å²) in [6.45, 7) is 16.0. The minimum Gasteiger partial charge on any atom is -0.330 e. The summed E-state index contributed by atoms with van der Waals surface area (Å²) >= 11 is 0. The summed E-state index contributed by atoms with van der Waals surface area (Å²) in [6, 6.07) is 0.637. The van der Waals surface area contributed by atoms with Crippen molar-refractivity contribution in [2.24, 2.45) is 17.1 Å². The van der Waals surface area contributed by atoms with Crippen molar-refractivity contribution in [3.63, 3.8) is 0 Å². The van der Waals surface area contributed by atoms with Crippen LogP contribution >= 0.6 is 0 Å². The fourth-order valence-corrected chi connectivity index (χ4v) is 3.09. The molecule has 122 valence electrons. The summed E-state index contributed by atoms with van der Waals surface area (Å²) in [5, 5.41) is 0. The maximum Gasteiger partial charge on any atom is 0.0194 e. The Labute approximate surface area is 127 Å². The van der Waals surface area contributed by atoms with Gasteiger partial charge in [-0.1, -0.05) is 27.7 Å². The van der Waals surface area contributed by atoms with E-state index in [1.165, 1.54) is 19.4 Å². The van der Waals surface area contributed by atoms with E-state index in [4.69, 9.17) is 5.73 Å². The van der Waals surface area contributed by atoms with Crippen LogP contribution in [0, 0.1) is 11.3 Å². The summed E-state index contributed by atoms with van der Waals surface area (Å²) < 4.78 is 0. The number of hydrogen-bond acceptors (Lipinski definition) is 3. The third-order valence-corrected chi connectivity index (χ3v) is 4.40. The molecule has 0 heterocycles. The van der Waals surface area contributed by atoms with Crippen LogP contribution in [0.3, 0.4) is 0 Å². The maximum atomic E-state index is 5.77. The Morgan fingerprint density at radius 1 is 1.10 bits per heavy atom. The van der Waals surface area contributed by atoms with E-state index in [-0.39, 0.29) is 0 Å². The third-order valence-electron chi connectivity index (χ3n) is 4.40. The zero-order valence-electron chi connectivity index (χ0n) is 15.1. The van der Waals surface area contributed by atoms with Gasteiger partial charge in [0.1, 0.15) is 0 Å². The zero-order valence-corrected chi connectivity index (χ0v) is 15.1. The van der Waals surface area contributed by atoms with Crippen molar-refractivity contribution >= 4 is 0 Å². The van der Waals surface area contributed by atoms with Gasteiger partial charge >= 0.3 is 0 Å². The second kappa shape index (κ2) is 9.75. The Kier molecular flexibility index (Phi) is 9.69. The van der Waals surface area contributed by atoms with Crippen LogP contribution in [0.4, 0.5) is 0 Å². The molecule has 0 saturated heterocycles. The predicted octanol–water partition coefficient (Wildman–Crippen LogP) is 3.05. The first-order valence-corrected chi connectivity index (χ1v) is 8.31. The van der Waals surface area contributed by atoms with Gasteiger partial charge in [-0.3, -0.25) is 4.90 Å². The number of nitrogens with zero attached hydrogens (tertiary/aromatic N) is 2. The Morgan fingerprint density at radius 2 is 1.70 bits per heavy atom. The van der Waals surface area contributed by atoms with Gasteiger partial charge in [0.25, 0.3) is 0 Å². The van der Waals surface area contributed by atoms with Crippen LogP contribution < -0.4 is 5.73 Å². The summed E-state index contributed by atoms with van der Waals surface area (Å²) in [5.74, 6) is 0.746. The van der Waals surface area contributed by atoms with Crippen LogP contribution in [0.1, 0.15) is 53.9 Å². The minimum atomic E-state index is 0.381. The van der Waals surface area contributed by atoms with Crippen molar-refractivity contribution in [3.05, 3.63) is 0 Å². The van der Waals surface area contributed by atoms with E-state index in [1.54, 1.807) is 0 Å². The molecule has 2 N–H and O–H groups in total. The summed E-state index contributed by atoms with van der Waals surface area (Å²) in [6.07, 6.45) is 3.74. The van der Waals surface area contributed by atoms with E-state index in [0.29, 0.717) is 11.5 Å². The number of likely N-dealkylation sites (N-methyl/N-ethyl adjacent to an activating group) is 2. The molecule has 2 atom stereocenters. The lowest BCUT2D eigenvalue weighted by Crippen LogP contribution is -2.40. The molecule has 3 heteroatoms. The van der Waals surface area contributed by atoms with Crippen LogP contribution in [0.15, 0.2) is 0 Å². The van der Waals surface area contributed by atoms with Crippen LogP contribution in [-0.2, 0) is 0 Å². The first-order chi connectivity index (χ1) is 9.22. The highest BCUT2D eigenvalue weighted by Crippen LogP contribution is 2.32. The molecule has 0 aromatic carbocycles. The Hall–Kier alpha value is -0.120. The Bertz CT molecular complexity index is 233. The van der Waals surface area contributed by atoms with Gasteiger partial charge in [-0.2, -0.15) is 0 Å². The largest absolute Gasteiger partial charge is 0.330 e. The maximum absolute atomic E-state index is 5.77. The van der Waals surface area contributed by atoms with E-state index in [2.05, 4.69) is 58.5 Å². The molecule has 0 fully saturated rings. The van der Waals surface area contributed by atoms with E-state index in [1.807, 2.05) is 0 Å². The van der Waals surface area contributed by atoms with Gasteiger partial charge in [0.05, 0.1) is 0 Å². The first kappa shape index (κ1) is 19.9. The van der Waals surface area contributed by atoms with Crippen LogP contribution in [-0.4, -0.2) is 56.1 Å². The van der Waals surface area contributed by atoms with Crippen molar-refractivity contribution in [1.29, 1.82) is 0 Å². The number of nitrogens with two attached hydrogens (primary N) is 1. The Balaban J connectivity index is 4.22. The fraction of sp³-hybridized carbons (Fsp3) is 1.00. The normalized spacial score (nSPS) is 15.9. The van der Waals surface area contributed by atoms with Crippen molar-refractivity contribution in [1.82, 2.24) is 9.80 Å². The van der Waals surface area contributed by atoms with E-state index in [9.17, 15) is 0 Å². The lowest BCUT2D eigenvalue weighted by Gasteiger charge is -2.33. The molecule has 0 bridgehead atoms. The first-order valence-electron chi connectivity index (χ1n) is 8.31. The summed E-state index contributed by atoms with van der Waals surface area (Å²) in [4.78, 5) is 4.88. The SMILES string of the molecule is CCN(CCCC(CCN)C(C)(C)C)C(C)CN(C)C. The summed E-state index contributed by atoms with van der Waals surface area (Å²) in [7, 11) is 4.31. The standard InChI is InChI=1S/C17H39N3/c1-8-20(15(2)14-19(6)7)13-9-10-16(11-12-18)17(3,4)5/h15-16H,8-14,18H2,1-7H3. The Morgan fingerprint density at radius 3 is 2.10 bits per heavy atom. The van der Waals surface area contributed by atoms with Crippen LogP contribution in [0.2, 0.25) is 0 Å². The average molecular weight is 286 g/mol. The molecule has 20 heavy (non-hydrogen) atoms. The molecular weight excluding hydrogens is 246 g/mol. The van der Waals surface area contributed by atoms with Gasteiger partial charge in [-0.05, 0) is 71.2 Å². The van der Waals surface area contributed by atoms with E-state index < -0.39 is 0 Å². The monoisotopic (exact) mass is 285 g/mol. The predicted molar refractivity (Wildman–Crippen MR) is 91.1 cm³/mol. The average Bonchev–Trinajstić information content (AvgIpc) is 2.30. The fourth-order valence-electron chi connectivity index (χ4n) is 3.09. The molecular formula is C17H39N3. The second-order valence-electron chi connectivity index (χ2n) is 7.52. The van der Waals surface area contributed by atoms with Crippen molar-refractivity contribution < 1.29 is 0 Å². The van der Waals surface area contributed by atoms with Gasteiger partial charge < -0.3 is 10.6 Å². The molecule has 0 aromatic rings. The molecule has 2 unspecified atom stereocenters. The summed E-state index contributed by atoms with van der Waals surface area (Å²) in [5.41, 5.74) is 6.15. The molecule has 0 aliphatic carbocycles. The lowest BCUT2D eigenvalue weighted by molar-refractivity contribution is 0.160. The van der Waals surface area contributed by atoms with Crippen molar-refractivity contribution in [2.75, 3.05) is 40.3 Å². The van der Waals surface area contributed by atoms with Crippen LogP contribution in [0.5, 0.6) is 0 Å². The highest BCUT2D eigenvalue weighted by Gasteiger charge is 2.23. The van der Waals surface area contributed by atoms with E-state index in [0.717, 1.165) is 32.0 Å². The molecule has 0 saturated carbocycles. The third kappa shape index (κ3) is 8.23. The van der Waals surface area contributed by atoms with Gasteiger partial charge in [-0.15, -0.1) is 0 Å². The molecule has 0 aliphatic rings. The van der Waals surface area contributed by atoms with E-state index >= 15 is 0 Å². The molecule has 3 nitrogen and oxygen atoms in total. The second-order valence-corrected chi connectivity index (χ2v) is 7.52. The quantitative estimate of drug-likeness (QED) is 0.669. The van der Waals surface area contributed by atoms with Gasteiger partial charge in [0.2, 0.25) is 0 Å². The molecule has 0 aliphatic heterocycles.